The number of fused-ring (bicyclic) bond motifs is 1. The number of aromatic nitrogens is 4. The minimum atomic E-state index is -1.02. The second-order valence-corrected chi connectivity index (χ2v) is 9.41. The van der Waals surface area contributed by atoms with E-state index >= 15 is 0 Å². The predicted molar refractivity (Wildman–Crippen MR) is 133 cm³/mol. The molecule has 13 heteroatoms. The van der Waals surface area contributed by atoms with Gasteiger partial charge in [0.2, 0.25) is 5.95 Å². The summed E-state index contributed by atoms with van der Waals surface area (Å²) in [5, 5.41) is 8.43. The Labute approximate surface area is 211 Å². The smallest absolute Gasteiger partial charge is 0.415 e. The lowest BCUT2D eigenvalue weighted by molar-refractivity contribution is -0.129. The zero-order valence-corrected chi connectivity index (χ0v) is 20.6. The number of anilines is 6. The van der Waals surface area contributed by atoms with Crippen LogP contribution in [0.5, 0.6) is 5.75 Å². The number of cyclic esters (lactones) is 1. The summed E-state index contributed by atoms with van der Waals surface area (Å²) in [6.45, 7) is 7.63. The second-order valence-electron chi connectivity index (χ2n) is 9.41. The lowest BCUT2D eigenvalue weighted by atomic mass is 10.0. The second kappa shape index (κ2) is 9.15. The zero-order chi connectivity index (χ0) is 26.3. The summed E-state index contributed by atoms with van der Waals surface area (Å²) in [6.07, 6.45) is 2.10. The molecule has 192 valence electrons. The maximum atomic E-state index is 14.5. The molecule has 0 radical (unpaired) electrons. The summed E-state index contributed by atoms with van der Waals surface area (Å²) in [5.41, 5.74) is -0.492. The summed E-state index contributed by atoms with van der Waals surface area (Å²) >= 11 is 0. The molecular formula is C24H25FN8O4. The number of carbonyl (C=O) groups excluding carboxylic acids is 2. The molecule has 3 N–H and O–H groups in total. The topological polar surface area (TPSA) is 143 Å². The van der Waals surface area contributed by atoms with Crippen LogP contribution in [0.15, 0.2) is 36.7 Å². The minimum absolute atomic E-state index is 0.101. The van der Waals surface area contributed by atoms with E-state index in [2.05, 4.69) is 35.9 Å². The Kier molecular flexibility index (Phi) is 5.97. The molecule has 12 nitrogen and oxygen atoms in total. The number of hydrogen-bond donors (Lipinski definition) is 3. The normalized spacial score (nSPS) is 18.1. The first-order valence-electron chi connectivity index (χ1n) is 11.6. The maximum absolute atomic E-state index is 14.5. The highest BCUT2D eigenvalue weighted by atomic mass is 19.1. The molecule has 2 aliphatic rings. The standard InChI is InChI=1S/C24H25FN8O4/c1-12(2)15-11-36-23(35)33(15)18-8-5-13(9-26-18)28-22-27-10-14(25)19(32-22)29-17-7-6-16-20(30-17)31-21(34)24(3,4)37-16/h5-10,12,15H,11H2,1-4H3,(H3,27,28,29,30,31,32,34). The Morgan fingerprint density at radius 2 is 1.92 bits per heavy atom. The number of amides is 2. The fourth-order valence-electron chi connectivity index (χ4n) is 3.83. The first-order valence-corrected chi connectivity index (χ1v) is 11.6. The molecule has 3 aromatic rings. The number of halogens is 1. The number of carbonyl (C=O) groups is 2. The Bertz CT molecular complexity index is 1370. The Hall–Kier alpha value is -4.55. The van der Waals surface area contributed by atoms with Gasteiger partial charge >= 0.3 is 6.09 Å². The van der Waals surface area contributed by atoms with Crippen molar-refractivity contribution in [1.82, 2.24) is 19.9 Å². The number of rotatable bonds is 6. The number of pyridine rings is 2. The molecule has 0 bridgehead atoms. The van der Waals surface area contributed by atoms with Crippen LogP contribution in [0.25, 0.3) is 0 Å². The van der Waals surface area contributed by atoms with Crippen LogP contribution in [-0.2, 0) is 9.53 Å². The third-order valence-corrected chi connectivity index (χ3v) is 5.92. The lowest BCUT2D eigenvalue weighted by Crippen LogP contribution is -2.46. The molecular weight excluding hydrogens is 483 g/mol. The highest BCUT2D eigenvalue weighted by Crippen LogP contribution is 2.34. The lowest BCUT2D eigenvalue weighted by Gasteiger charge is -2.30. The van der Waals surface area contributed by atoms with Crippen LogP contribution < -0.4 is 25.6 Å². The molecule has 0 aliphatic carbocycles. The van der Waals surface area contributed by atoms with E-state index in [0.717, 1.165) is 6.20 Å². The van der Waals surface area contributed by atoms with E-state index in [9.17, 15) is 14.0 Å². The molecule has 37 heavy (non-hydrogen) atoms. The van der Waals surface area contributed by atoms with Crippen molar-refractivity contribution >= 4 is 46.9 Å². The quantitative estimate of drug-likeness (QED) is 0.447. The number of nitrogens with one attached hydrogen (secondary N) is 3. The van der Waals surface area contributed by atoms with Crippen LogP contribution in [0, 0.1) is 11.7 Å². The molecule has 0 saturated carbocycles. The zero-order valence-electron chi connectivity index (χ0n) is 20.6. The average molecular weight is 509 g/mol. The van der Waals surface area contributed by atoms with Gasteiger partial charge in [0.1, 0.15) is 18.2 Å². The van der Waals surface area contributed by atoms with E-state index < -0.39 is 17.5 Å². The molecule has 0 spiro atoms. The highest BCUT2D eigenvalue weighted by molar-refractivity contribution is 5.99. The molecule has 5 rings (SSSR count). The summed E-state index contributed by atoms with van der Waals surface area (Å²) in [6, 6.07) is 6.49. The van der Waals surface area contributed by atoms with Crippen molar-refractivity contribution in [1.29, 1.82) is 0 Å². The highest BCUT2D eigenvalue weighted by Gasteiger charge is 2.37. The van der Waals surface area contributed by atoms with Crippen LogP contribution in [0.1, 0.15) is 27.7 Å². The first-order chi connectivity index (χ1) is 17.6. The van der Waals surface area contributed by atoms with Gasteiger partial charge in [-0.25, -0.2) is 24.1 Å². The van der Waals surface area contributed by atoms with Gasteiger partial charge in [-0.2, -0.15) is 4.98 Å². The van der Waals surface area contributed by atoms with E-state index in [4.69, 9.17) is 9.47 Å². The average Bonchev–Trinajstić information content (AvgIpc) is 3.24. The first kappa shape index (κ1) is 24.2. The Morgan fingerprint density at radius 3 is 2.65 bits per heavy atom. The Morgan fingerprint density at radius 1 is 1.11 bits per heavy atom. The van der Waals surface area contributed by atoms with Gasteiger partial charge in [-0.05, 0) is 44.0 Å². The minimum Gasteiger partial charge on any atom is -0.474 e. The van der Waals surface area contributed by atoms with Gasteiger partial charge in [0.15, 0.2) is 28.8 Å². The SMILES string of the molecule is CC(C)C1COC(=O)N1c1ccc(Nc2ncc(F)c(Nc3ccc4c(n3)NC(=O)C(C)(C)O4)n2)cn1. The summed E-state index contributed by atoms with van der Waals surface area (Å²) < 4.78 is 25.3. The van der Waals surface area contributed by atoms with Crippen molar-refractivity contribution in [3.63, 3.8) is 0 Å². The van der Waals surface area contributed by atoms with Gasteiger partial charge in [-0.1, -0.05) is 13.8 Å². The third-order valence-electron chi connectivity index (χ3n) is 5.92. The van der Waals surface area contributed by atoms with Gasteiger partial charge in [0, 0.05) is 0 Å². The molecule has 1 fully saturated rings. The summed E-state index contributed by atoms with van der Waals surface area (Å²) in [4.78, 5) is 42.7. The van der Waals surface area contributed by atoms with Crippen molar-refractivity contribution in [2.45, 2.75) is 39.3 Å². The van der Waals surface area contributed by atoms with Gasteiger partial charge in [-0.15, -0.1) is 0 Å². The van der Waals surface area contributed by atoms with Crippen molar-refractivity contribution in [2.75, 3.05) is 27.5 Å². The van der Waals surface area contributed by atoms with Crippen LogP contribution in [0.4, 0.5) is 44.1 Å². The molecule has 2 amide bonds. The Balaban J connectivity index is 1.31. The number of ether oxygens (including phenoxy) is 2. The number of nitrogens with zero attached hydrogens (tertiary/aromatic N) is 5. The molecule has 1 saturated heterocycles. The summed E-state index contributed by atoms with van der Waals surface area (Å²) in [5.74, 6) is 0.463. The van der Waals surface area contributed by atoms with Crippen molar-refractivity contribution in [3.05, 3.63) is 42.5 Å². The number of hydrogen-bond acceptors (Lipinski definition) is 10. The van der Waals surface area contributed by atoms with Crippen LogP contribution in [0.2, 0.25) is 0 Å². The van der Waals surface area contributed by atoms with E-state index in [1.165, 1.54) is 11.1 Å². The third kappa shape index (κ3) is 4.79. The molecule has 1 atom stereocenters. The molecule has 3 aromatic heterocycles. The van der Waals surface area contributed by atoms with E-state index in [0.29, 0.717) is 23.9 Å². The maximum Gasteiger partial charge on any atom is 0.415 e. The van der Waals surface area contributed by atoms with Crippen LogP contribution in [0.3, 0.4) is 0 Å². The van der Waals surface area contributed by atoms with E-state index in [1.54, 1.807) is 38.1 Å². The summed E-state index contributed by atoms with van der Waals surface area (Å²) in [7, 11) is 0. The van der Waals surface area contributed by atoms with Crippen molar-refractivity contribution < 1.29 is 23.5 Å². The van der Waals surface area contributed by atoms with Crippen LogP contribution >= 0.6 is 0 Å². The van der Waals surface area contributed by atoms with E-state index in [1.807, 2.05) is 13.8 Å². The van der Waals surface area contributed by atoms with Gasteiger partial charge in [0.05, 0.1) is 24.1 Å². The molecule has 2 aliphatic heterocycles. The molecule has 1 unspecified atom stereocenters. The van der Waals surface area contributed by atoms with Gasteiger partial charge in [0.25, 0.3) is 5.91 Å². The fourth-order valence-corrected chi connectivity index (χ4v) is 3.83. The van der Waals surface area contributed by atoms with Gasteiger partial charge < -0.3 is 25.4 Å². The van der Waals surface area contributed by atoms with Crippen molar-refractivity contribution in [3.8, 4) is 5.75 Å². The van der Waals surface area contributed by atoms with Crippen LogP contribution in [-0.4, -0.2) is 50.2 Å². The monoisotopic (exact) mass is 508 g/mol. The van der Waals surface area contributed by atoms with E-state index in [-0.39, 0.29) is 41.3 Å². The largest absolute Gasteiger partial charge is 0.474 e. The van der Waals surface area contributed by atoms with Gasteiger partial charge in [-0.3, -0.25) is 9.69 Å². The molecule has 0 aromatic carbocycles. The van der Waals surface area contributed by atoms with Crippen molar-refractivity contribution in [2.24, 2.45) is 5.92 Å². The fraction of sp³-hybridized carbons (Fsp3) is 0.333. The molecule has 5 heterocycles. The predicted octanol–water partition coefficient (Wildman–Crippen LogP) is 3.98.